The summed E-state index contributed by atoms with van der Waals surface area (Å²) in [6.45, 7) is 15.0. The highest BCUT2D eigenvalue weighted by Crippen LogP contribution is 2.50. The molecule has 4 heterocycles. The Morgan fingerprint density at radius 2 is 1.60 bits per heavy atom. The molecule has 0 aromatic rings. The third-order valence-corrected chi connectivity index (χ3v) is 17.3. The molecule has 2 N–H and O–H groups in total. The Labute approximate surface area is 433 Å². The number of nitrogens with zero attached hydrogens (tertiary/aromatic N) is 1. The zero-order valence-electron chi connectivity index (χ0n) is 45.2. The van der Waals surface area contributed by atoms with E-state index in [0.29, 0.717) is 76.4 Å². The van der Waals surface area contributed by atoms with Crippen molar-refractivity contribution in [3.8, 4) is 0 Å². The standard InChI is InChI=1S/C55H86NO16P/c1-12-68-25-26-69-73(11,64)72-44-23-21-39(30-47(44)66-9)29-42-41-19-16-24-56-48(41)54(62)70-46(42)32-43(57)35(4)28-37(6)50(59)51(67-10)49(58)36(5)27-33(2)17-14-13-15-18-34(3)45(65-8)31-40-22-20-38(7)55(63,71-40)52(60)53(56)61/h13-15,17-18,28,33,35-36,38-42,44-48,50-51,59,63H,12,16,19-27,29-32H2,1-11H3/b15-13+,17-14+,34-18+,37-28+/t33-,35?,36?,38?,39?,40+,41?,42+,44-,45+,46+,47?,48?,50?,51+,55?,73?/m1/s1. The predicted molar refractivity (Wildman–Crippen MR) is 273 cm³/mol. The van der Waals surface area contributed by atoms with Crippen LogP contribution in [0.4, 0.5) is 0 Å². The van der Waals surface area contributed by atoms with Gasteiger partial charge in [-0.05, 0) is 107 Å². The fourth-order valence-corrected chi connectivity index (χ4v) is 12.9. The van der Waals surface area contributed by atoms with E-state index in [-0.39, 0.29) is 49.6 Å². The lowest BCUT2D eigenvalue weighted by atomic mass is 9.68. The summed E-state index contributed by atoms with van der Waals surface area (Å²) in [7, 11) is 1.05. The molecule has 17 atom stereocenters. The zero-order chi connectivity index (χ0) is 53.8. The minimum absolute atomic E-state index is 0.00642. The second kappa shape index (κ2) is 27.7. The summed E-state index contributed by atoms with van der Waals surface area (Å²) in [6, 6.07) is -1.18. The second-order valence-electron chi connectivity index (χ2n) is 21.4. The van der Waals surface area contributed by atoms with Crippen molar-refractivity contribution >= 4 is 36.8 Å². The number of ketones is 3. The van der Waals surface area contributed by atoms with E-state index in [0.717, 1.165) is 5.57 Å². The fourth-order valence-electron chi connectivity index (χ4n) is 11.7. The van der Waals surface area contributed by atoms with Crippen molar-refractivity contribution in [3.05, 3.63) is 47.6 Å². The van der Waals surface area contributed by atoms with Gasteiger partial charge in [-0.15, -0.1) is 0 Å². The van der Waals surface area contributed by atoms with Gasteiger partial charge in [0.15, 0.2) is 5.78 Å². The monoisotopic (exact) mass is 1050 g/mol. The van der Waals surface area contributed by atoms with E-state index in [4.69, 9.17) is 37.5 Å². The molecule has 412 valence electrons. The van der Waals surface area contributed by atoms with Crippen molar-refractivity contribution in [2.24, 2.45) is 41.4 Å². The molecular weight excluding hydrogens is 962 g/mol. The number of methoxy groups -OCH3 is 3. The predicted octanol–water partition coefficient (Wildman–Crippen LogP) is 7.30. The number of aliphatic hydroxyl groups is 2. The third-order valence-electron chi connectivity index (χ3n) is 16.0. The van der Waals surface area contributed by atoms with Gasteiger partial charge in [0, 0.05) is 77.7 Å². The normalized spacial score (nSPS) is 40.2. The Kier molecular flexibility index (Phi) is 23.0. The fraction of sp³-hybridized carbons (Fsp3) is 0.764. The molecule has 0 radical (unpaired) electrons. The number of piperidine rings is 1. The molecule has 18 heteroatoms. The Hall–Kier alpha value is -3.22. The molecule has 1 amide bonds. The maximum absolute atomic E-state index is 14.6. The number of rotatable bonds is 12. The van der Waals surface area contributed by atoms with Crippen LogP contribution in [-0.4, -0.2) is 153 Å². The van der Waals surface area contributed by atoms with E-state index in [1.54, 1.807) is 41.1 Å². The molecule has 0 aromatic carbocycles. The van der Waals surface area contributed by atoms with E-state index >= 15 is 0 Å². The molecule has 1 saturated carbocycles. The van der Waals surface area contributed by atoms with Crippen LogP contribution in [0.15, 0.2) is 47.6 Å². The number of esters is 1. The van der Waals surface area contributed by atoms with Crippen LogP contribution >= 0.6 is 7.60 Å². The highest BCUT2D eigenvalue weighted by Gasteiger charge is 2.57. The van der Waals surface area contributed by atoms with E-state index in [2.05, 4.69) is 0 Å². The molecule has 3 saturated heterocycles. The number of hydrogen-bond acceptors (Lipinski definition) is 16. The summed E-state index contributed by atoms with van der Waals surface area (Å²) in [5, 5.41) is 23.7. The number of aliphatic hydroxyl groups excluding tert-OH is 1. The molecule has 0 aromatic heterocycles. The molecule has 4 bridgehead atoms. The van der Waals surface area contributed by atoms with E-state index in [9.17, 15) is 38.8 Å². The van der Waals surface area contributed by atoms with Gasteiger partial charge in [-0.25, -0.2) is 4.79 Å². The first kappa shape index (κ1) is 60.6. The summed E-state index contributed by atoms with van der Waals surface area (Å²) in [6.07, 6.45) is 10.2. The first-order valence-corrected chi connectivity index (χ1v) is 28.5. The Bertz CT molecular complexity index is 2070. The zero-order valence-corrected chi connectivity index (χ0v) is 46.1. The minimum Gasteiger partial charge on any atom is -0.460 e. The molecule has 17 nitrogen and oxygen atoms in total. The maximum atomic E-state index is 14.6. The molecule has 10 unspecified atom stereocenters. The molecule has 0 spiro atoms. The average molecular weight is 1050 g/mol. The lowest BCUT2D eigenvalue weighted by Crippen LogP contribution is -2.65. The number of carbonyl (C=O) groups is 5. The summed E-state index contributed by atoms with van der Waals surface area (Å²) in [5.41, 5.74) is 1.25. The van der Waals surface area contributed by atoms with Gasteiger partial charge in [0.05, 0.1) is 37.6 Å². The van der Waals surface area contributed by atoms with Gasteiger partial charge < -0.3 is 52.6 Å². The maximum Gasteiger partial charge on any atom is 0.329 e. The number of allylic oxidation sites excluding steroid dienone is 6. The first-order valence-electron chi connectivity index (χ1n) is 26.6. The van der Waals surface area contributed by atoms with Gasteiger partial charge in [-0.2, -0.15) is 0 Å². The number of ether oxygens (including phenoxy) is 6. The van der Waals surface area contributed by atoms with E-state index < -0.39 is 109 Å². The van der Waals surface area contributed by atoms with Crippen molar-refractivity contribution in [2.45, 2.75) is 174 Å². The quantitative estimate of drug-likeness (QED) is 0.0644. The van der Waals surface area contributed by atoms with E-state index in [1.807, 2.05) is 58.1 Å². The number of Topliss-reactive ketones (excluding diaryl/α,β-unsaturated/α-hetero) is 3. The molecule has 4 fully saturated rings. The number of hydrogen-bond donors (Lipinski definition) is 2. The van der Waals surface area contributed by atoms with Crippen LogP contribution in [-0.2, 0) is 66.0 Å². The van der Waals surface area contributed by atoms with Crippen LogP contribution in [0.25, 0.3) is 0 Å². The molecular formula is C55H86NO16P. The van der Waals surface area contributed by atoms with Crippen molar-refractivity contribution in [1.82, 2.24) is 4.90 Å². The smallest absolute Gasteiger partial charge is 0.329 e. The highest BCUT2D eigenvalue weighted by atomic mass is 31.2. The average Bonchev–Trinajstić information content (AvgIpc) is 3.35. The Morgan fingerprint density at radius 1 is 0.863 bits per heavy atom. The lowest BCUT2D eigenvalue weighted by molar-refractivity contribution is -0.266. The van der Waals surface area contributed by atoms with Crippen molar-refractivity contribution in [2.75, 3.05) is 54.4 Å². The van der Waals surface area contributed by atoms with Gasteiger partial charge in [0.25, 0.3) is 11.7 Å². The molecule has 5 rings (SSSR count). The third kappa shape index (κ3) is 15.7. The first-order chi connectivity index (χ1) is 34.6. The van der Waals surface area contributed by atoms with Gasteiger partial charge >= 0.3 is 13.6 Å². The lowest BCUT2D eigenvalue weighted by Gasteiger charge is -2.50. The van der Waals surface area contributed by atoms with Crippen molar-refractivity contribution < 1.29 is 76.2 Å². The van der Waals surface area contributed by atoms with Crippen LogP contribution < -0.4 is 0 Å². The van der Waals surface area contributed by atoms with Gasteiger partial charge in [-0.1, -0.05) is 64.2 Å². The van der Waals surface area contributed by atoms with Gasteiger partial charge in [0.2, 0.25) is 5.79 Å². The highest BCUT2D eigenvalue weighted by molar-refractivity contribution is 7.53. The molecule has 1 aliphatic carbocycles. The van der Waals surface area contributed by atoms with Crippen molar-refractivity contribution in [1.29, 1.82) is 0 Å². The topological polar surface area (TPSA) is 220 Å². The minimum atomic E-state index is -3.47. The van der Waals surface area contributed by atoms with E-state index in [1.165, 1.54) is 18.7 Å². The van der Waals surface area contributed by atoms with Crippen LogP contribution in [0.1, 0.15) is 119 Å². The van der Waals surface area contributed by atoms with Crippen molar-refractivity contribution in [3.63, 3.8) is 0 Å². The number of carbonyl (C=O) groups excluding carboxylic acids is 5. The second-order valence-corrected chi connectivity index (χ2v) is 23.4. The number of fused-ring (bicyclic) bond motifs is 4. The van der Waals surface area contributed by atoms with Crippen LogP contribution in [0.3, 0.4) is 0 Å². The Morgan fingerprint density at radius 3 is 2.29 bits per heavy atom. The van der Waals surface area contributed by atoms with Gasteiger partial charge in [-0.3, -0.25) is 23.7 Å². The van der Waals surface area contributed by atoms with Crippen LogP contribution in [0, 0.1) is 41.4 Å². The molecule has 5 aliphatic rings. The Balaban J connectivity index is 1.49. The van der Waals surface area contributed by atoms with Crippen LogP contribution in [0.5, 0.6) is 0 Å². The summed E-state index contributed by atoms with van der Waals surface area (Å²) < 4.78 is 60.2. The summed E-state index contributed by atoms with van der Waals surface area (Å²) >= 11 is 0. The van der Waals surface area contributed by atoms with Crippen LogP contribution in [0.2, 0.25) is 0 Å². The summed E-state index contributed by atoms with van der Waals surface area (Å²) in [5.74, 6) is -8.90. The SMILES string of the molecule is CCOCCOP(C)(=O)O[C@@H]1CCC(C[C@H]2C3CCCN4C(=O)C(=O)C5(O)O[C@@H](CCC5C)C[C@H](OC)/C(C)=C/C=C/C=C/[C@@H](C)CC(C)C(=O)[C@H](OC)C(O)/C(C)=C/C(C)C(=O)C[C@@H]2OC(=O)C34)CC1OC. The molecule has 73 heavy (non-hydrogen) atoms. The van der Waals surface area contributed by atoms with Gasteiger partial charge in [0.1, 0.15) is 30.1 Å². The summed E-state index contributed by atoms with van der Waals surface area (Å²) in [4.78, 5) is 72.9. The largest absolute Gasteiger partial charge is 0.460 e. The number of amides is 1. The molecule has 4 aliphatic heterocycles.